The number of hydrogen-bond donors (Lipinski definition) is 1. The number of aromatic nitrogens is 2. The largest absolute Gasteiger partial charge is 0.407 e. The van der Waals surface area contributed by atoms with Crippen molar-refractivity contribution in [2.45, 2.75) is 47.2 Å². The molecule has 1 aromatic heterocycles. The Morgan fingerprint density at radius 1 is 1.24 bits per heavy atom. The smallest absolute Gasteiger partial charge is 0.318 e. The van der Waals surface area contributed by atoms with Crippen molar-refractivity contribution in [2.24, 2.45) is 5.92 Å². The highest BCUT2D eigenvalue weighted by atomic mass is 16.4. The molecule has 0 saturated heterocycles. The van der Waals surface area contributed by atoms with Crippen LogP contribution in [-0.2, 0) is 6.54 Å². The highest BCUT2D eigenvalue weighted by Gasteiger charge is 2.15. The maximum atomic E-state index is 5.62. The lowest BCUT2D eigenvalue weighted by atomic mass is 10.2. The lowest BCUT2D eigenvalue weighted by molar-refractivity contribution is 0.442. The molecule has 0 radical (unpaired) electrons. The van der Waals surface area contributed by atoms with Crippen LogP contribution in [0.3, 0.4) is 0 Å². The molecule has 98 valence electrons. The van der Waals surface area contributed by atoms with Gasteiger partial charge in [-0.05, 0) is 33.2 Å². The summed E-state index contributed by atoms with van der Waals surface area (Å²) in [6.07, 6.45) is 0. The third-order valence-corrected chi connectivity index (χ3v) is 2.49. The molecule has 1 rings (SSSR count). The summed E-state index contributed by atoms with van der Waals surface area (Å²) in [6, 6.07) is 0.987. The quantitative estimate of drug-likeness (QED) is 0.790. The number of anilines is 1. The second-order valence-electron chi connectivity index (χ2n) is 4.88. The summed E-state index contributed by atoms with van der Waals surface area (Å²) >= 11 is 0. The Kier molecular flexibility index (Phi) is 5.41. The van der Waals surface area contributed by atoms with Crippen molar-refractivity contribution < 1.29 is 4.42 Å². The highest BCUT2D eigenvalue weighted by molar-refractivity contribution is 5.24. The van der Waals surface area contributed by atoms with Gasteiger partial charge in [-0.3, -0.25) is 0 Å². The van der Waals surface area contributed by atoms with Gasteiger partial charge in [-0.15, -0.1) is 5.10 Å². The topological polar surface area (TPSA) is 54.2 Å². The summed E-state index contributed by atoms with van der Waals surface area (Å²) < 4.78 is 5.62. The average Bonchev–Trinajstić information content (AvgIpc) is 2.66. The Bertz CT molecular complexity index is 322. The van der Waals surface area contributed by atoms with Crippen LogP contribution >= 0.6 is 0 Å². The van der Waals surface area contributed by atoms with Crippen molar-refractivity contribution in [1.29, 1.82) is 0 Å². The van der Waals surface area contributed by atoms with Crippen LogP contribution in [0.1, 0.15) is 40.5 Å². The fourth-order valence-electron chi connectivity index (χ4n) is 1.62. The first-order valence-electron chi connectivity index (χ1n) is 6.34. The second-order valence-corrected chi connectivity index (χ2v) is 4.88. The molecule has 0 bridgehead atoms. The van der Waals surface area contributed by atoms with E-state index in [2.05, 4.69) is 55.0 Å². The molecule has 1 aromatic rings. The van der Waals surface area contributed by atoms with E-state index in [1.54, 1.807) is 0 Å². The Hall–Kier alpha value is -1.10. The monoisotopic (exact) mass is 240 g/mol. The average molecular weight is 240 g/mol. The van der Waals surface area contributed by atoms with E-state index in [1.807, 2.05) is 0 Å². The molecule has 1 N–H and O–H groups in total. The maximum absolute atomic E-state index is 5.62. The van der Waals surface area contributed by atoms with E-state index in [1.165, 1.54) is 0 Å². The van der Waals surface area contributed by atoms with E-state index in [0.29, 0.717) is 30.4 Å². The predicted octanol–water partition coefficient (Wildman–Crippen LogP) is 2.05. The summed E-state index contributed by atoms with van der Waals surface area (Å²) in [5.74, 6) is 1.28. The summed E-state index contributed by atoms with van der Waals surface area (Å²) in [7, 11) is 0. The molecule has 5 heteroatoms. The molecule has 17 heavy (non-hydrogen) atoms. The molecule has 0 unspecified atom stereocenters. The molecule has 0 aliphatic rings. The number of nitrogens with one attached hydrogen (secondary N) is 1. The summed E-state index contributed by atoms with van der Waals surface area (Å²) in [5.41, 5.74) is 0. The van der Waals surface area contributed by atoms with Crippen LogP contribution in [0.15, 0.2) is 4.42 Å². The van der Waals surface area contributed by atoms with Crippen molar-refractivity contribution >= 4 is 6.01 Å². The van der Waals surface area contributed by atoms with Gasteiger partial charge >= 0.3 is 6.01 Å². The van der Waals surface area contributed by atoms with Crippen LogP contribution in [0.5, 0.6) is 0 Å². The zero-order valence-electron chi connectivity index (χ0n) is 11.5. The summed E-state index contributed by atoms with van der Waals surface area (Å²) in [5, 5.41) is 11.4. The molecule has 0 amide bonds. The molecule has 0 aromatic carbocycles. The van der Waals surface area contributed by atoms with E-state index in [4.69, 9.17) is 4.42 Å². The van der Waals surface area contributed by atoms with Crippen LogP contribution in [0.4, 0.5) is 6.01 Å². The van der Waals surface area contributed by atoms with Crippen molar-refractivity contribution in [3.8, 4) is 0 Å². The van der Waals surface area contributed by atoms with Crippen LogP contribution in [-0.4, -0.2) is 29.3 Å². The van der Waals surface area contributed by atoms with Gasteiger partial charge in [-0.1, -0.05) is 18.9 Å². The minimum atomic E-state index is 0.372. The van der Waals surface area contributed by atoms with Crippen LogP contribution in [0.2, 0.25) is 0 Å². The predicted molar refractivity (Wildman–Crippen MR) is 69.0 cm³/mol. The van der Waals surface area contributed by atoms with Crippen LogP contribution in [0, 0.1) is 5.92 Å². The summed E-state index contributed by atoms with van der Waals surface area (Å²) in [6.45, 7) is 13.1. The minimum Gasteiger partial charge on any atom is -0.407 e. The van der Waals surface area contributed by atoms with Gasteiger partial charge in [0.05, 0.1) is 6.54 Å². The Morgan fingerprint density at radius 3 is 2.47 bits per heavy atom. The van der Waals surface area contributed by atoms with Gasteiger partial charge in [0.2, 0.25) is 5.89 Å². The van der Waals surface area contributed by atoms with Crippen molar-refractivity contribution in [3.05, 3.63) is 5.89 Å². The molecular weight excluding hydrogens is 216 g/mol. The molecule has 5 nitrogen and oxygen atoms in total. The zero-order chi connectivity index (χ0) is 12.8. The van der Waals surface area contributed by atoms with E-state index < -0.39 is 0 Å². The van der Waals surface area contributed by atoms with E-state index in [0.717, 1.165) is 13.1 Å². The molecule has 0 saturated carbocycles. The standard InChI is InChI=1S/C12H24N4O/c1-6-16(10(4)5)12-15-14-11(17-12)8-13-7-9(2)3/h9-10,13H,6-8H2,1-5H3. The van der Waals surface area contributed by atoms with Gasteiger partial charge < -0.3 is 14.6 Å². The third kappa shape index (κ3) is 4.34. The molecule has 0 fully saturated rings. The Balaban J connectivity index is 2.52. The molecule has 0 aliphatic carbocycles. The van der Waals surface area contributed by atoms with Crippen molar-refractivity contribution in [3.63, 3.8) is 0 Å². The molecule has 0 aliphatic heterocycles. The highest BCUT2D eigenvalue weighted by Crippen LogP contribution is 2.14. The first kappa shape index (κ1) is 14.0. The SMILES string of the molecule is CCN(c1nnc(CNCC(C)C)o1)C(C)C. The first-order valence-corrected chi connectivity index (χ1v) is 6.34. The number of rotatable bonds is 7. The van der Waals surface area contributed by atoms with Gasteiger partial charge in [0.25, 0.3) is 0 Å². The van der Waals surface area contributed by atoms with Crippen molar-refractivity contribution in [1.82, 2.24) is 15.5 Å². The molecule has 1 heterocycles. The lowest BCUT2D eigenvalue weighted by Gasteiger charge is -2.21. The van der Waals surface area contributed by atoms with Crippen LogP contribution < -0.4 is 10.2 Å². The number of hydrogen-bond acceptors (Lipinski definition) is 5. The van der Waals surface area contributed by atoms with Gasteiger partial charge in [-0.2, -0.15) is 0 Å². The van der Waals surface area contributed by atoms with E-state index in [9.17, 15) is 0 Å². The second kappa shape index (κ2) is 6.59. The van der Waals surface area contributed by atoms with Crippen molar-refractivity contribution in [2.75, 3.05) is 18.0 Å². The summed E-state index contributed by atoms with van der Waals surface area (Å²) in [4.78, 5) is 2.08. The van der Waals surface area contributed by atoms with Gasteiger partial charge in [-0.25, -0.2) is 0 Å². The third-order valence-electron chi connectivity index (χ3n) is 2.49. The van der Waals surface area contributed by atoms with E-state index >= 15 is 0 Å². The molecule has 0 spiro atoms. The minimum absolute atomic E-state index is 0.372. The Labute approximate surface area is 104 Å². The lowest BCUT2D eigenvalue weighted by Crippen LogP contribution is -2.30. The van der Waals surface area contributed by atoms with Gasteiger partial charge in [0, 0.05) is 12.6 Å². The maximum Gasteiger partial charge on any atom is 0.318 e. The fourth-order valence-corrected chi connectivity index (χ4v) is 1.62. The zero-order valence-corrected chi connectivity index (χ0v) is 11.5. The van der Waals surface area contributed by atoms with Gasteiger partial charge in [0.1, 0.15) is 0 Å². The number of nitrogens with zero attached hydrogens (tertiary/aromatic N) is 3. The molecular formula is C12H24N4O. The van der Waals surface area contributed by atoms with E-state index in [-0.39, 0.29) is 0 Å². The first-order chi connectivity index (χ1) is 8.04. The fraction of sp³-hybridized carbons (Fsp3) is 0.833. The van der Waals surface area contributed by atoms with Gasteiger partial charge in [0.15, 0.2) is 0 Å². The van der Waals surface area contributed by atoms with Crippen LogP contribution in [0.25, 0.3) is 0 Å². The normalized spacial score (nSPS) is 11.5. The Morgan fingerprint density at radius 2 is 1.94 bits per heavy atom. The molecule has 0 atom stereocenters.